The van der Waals surface area contributed by atoms with Gasteiger partial charge in [0, 0.05) is 11.3 Å². The monoisotopic (exact) mass is 528 g/mol. The number of anilines is 2. The summed E-state index contributed by atoms with van der Waals surface area (Å²) in [6.07, 6.45) is -4.51. The molecule has 2 aromatic carbocycles. The van der Waals surface area contributed by atoms with Crippen molar-refractivity contribution in [1.29, 1.82) is 0 Å². The Labute approximate surface area is 206 Å². The van der Waals surface area contributed by atoms with Crippen LogP contribution < -0.4 is 24.8 Å². The third kappa shape index (κ3) is 6.76. The molecule has 3 rings (SSSR count). The molecule has 0 aliphatic heterocycles. The summed E-state index contributed by atoms with van der Waals surface area (Å²) in [6.45, 7) is 0. The number of alkyl halides is 3. The lowest BCUT2D eigenvalue weighted by molar-refractivity contribution is -0.137. The van der Waals surface area contributed by atoms with Crippen LogP contribution in [0.15, 0.2) is 40.7 Å². The van der Waals surface area contributed by atoms with Crippen molar-refractivity contribution < 1.29 is 37.0 Å². The zero-order chi connectivity index (χ0) is 25.6. The standard InChI is InChI=1S/C21H19F3N4O5S2/c1-31-14-7-11(8-15(32-2)17(14)33-3)18(30)26-19-27-28-20(35-19)34-10-16(29)25-13-6-4-5-12(9-13)21(22,23)24/h4-9H,10H2,1-3H3,(H,25,29)(H,26,27,30). The maximum absolute atomic E-state index is 12.8. The molecule has 0 aliphatic carbocycles. The number of nitrogens with zero attached hydrogens (tertiary/aromatic N) is 2. The van der Waals surface area contributed by atoms with Crippen molar-refractivity contribution >= 4 is 45.7 Å². The number of amides is 2. The molecule has 0 radical (unpaired) electrons. The highest BCUT2D eigenvalue weighted by Gasteiger charge is 2.30. The average molecular weight is 529 g/mol. The second kappa shape index (κ2) is 11.3. The third-order valence-corrected chi connectivity index (χ3v) is 6.33. The van der Waals surface area contributed by atoms with Crippen molar-refractivity contribution in [3.05, 3.63) is 47.5 Å². The summed E-state index contributed by atoms with van der Waals surface area (Å²) in [5.74, 6) is -0.197. The number of ether oxygens (including phenoxy) is 3. The molecule has 0 saturated carbocycles. The van der Waals surface area contributed by atoms with Crippen molar-refractivity contribution in [1.82, 2.24) is 10.2 Å². The second-order valence-electron chi connectivity index (χ2n) is 6.66. The van der Waals surface area contributed by atoms with Crippen LogP contribution in [0.5, 0.6) is 17.2 Å². The molecule has 0 bridgehead atoms. The van der Waals surface area contributed by atoms with Gasteiger partial charge in [0.25, 0.3) is 5.91 Å². The van der Waals surface area contributed by atoms with Crippen LogP contribution in [0.25, 0.3) is 0 Å². The number of carbonyl (C=O) groups is 2. The van der Waals surface area contributed by atoms with Gasteiger partial charge in [0.2, 0.25) is 16.8 Å². The van der Waals surface area contributed by atoms with Gasteiger partial charge in [0.05, 0.1) is 32.6 Å². The molecule has 186 valence electrons. The van der Waals surface area contributed by atoms with Crippen molar-refractivity contribution in [2.75, 3.05) is 37.7 Å². The van der Waals surface area contributed by atoms with Gasteiger partial charge in [-0.25, -0.2) is 0 Å². The number of halogens is 3. The SMILES string of the molecule is COc1cc(C(=O)Nc2nnc(SCC(=O)Nc3cccc(C(F)(F)F)c3)s2)cc(OC)c1OC. The van der Waals surface area contributed by atoms with Crippen LogP contribution in [0, 0.1) is 0 Å². The van der Waals surface area contributed by atoms with Gasteiger partial charge in [0.15, 0.2) is 15.8 Å². The van der Waals surface area contributed by atoms with E-state index in [1.165, 1.54) is 45.6 Å². The van der Waals surface area contributed by atoms with Crippen LogP contribution in [0.2, 0.25) is 0 Å². The zero-order valence-electron chi connectivity index (χ0n) is 18.6. The van der Waals surface area contributed by atoms with Crippen molar-refractivity contribution in [3.8, 4) is 17.2 Å². The first-order chi connectivity index (χ1) is 16.6. The molecular formula is C21H19F3N4O5S2. The summed E-state index contributed by atoms with van der Waals surface area (Å²) >= 11 is 2.05. The van der Waals surface area contributed by atoms with E-state index in [0.717, 1.165) is 35.2 Å². The normalized spacial score (nSPS) is 11.0. The highest BCUT2D eigenvalue weighted by atomic mass is 32.2. The Balaban J connectivity index is 1.59. The molecule has 14 heteroatoms. The quantitative estimate of drug-likeness (QED) is 0.307. The molecule has 0 atom stereocenters. The fourth-order valence-electron chi connectivity index (χ4n) is 2.80. The Bertz CT molecular complexity index is 1190. The Morgan fingerprint density at radius 2 is 1.69 bits per heavy atom. The van der Waals surface area contributed by atoms with E-state index in [2.05, 4.69) is 20.8 Å². The summed E-state index contributed by atoms with van der Waals surface area (Å²) in [6, 6.07) is 7.29. The lowest BCUT2D eigenvalue weighted by Crippen LogP contribution is -2.15. The Morgan fingerprint density at radius 3 is 2.29 bits per heavy atom. The third-order valence-electron chi connectivity index (χ3n) is 4.35. The first-order valence-corrected chi connectivity index (χ1v) is 11.5. The largest absolute Gasteiger partial charge is 0.493 e. The van der Waals surface area contributed by atoms with E-state index in [-0.39, 0.29) is 22.1 Å². The maximum Gasteiger partial charge on any atom is 0.416 e. The van der Waals surface area contributed by atoms with Gasteiger partial charge in [-0.3, -0.25) is 14.9 Å². The van der Waals surface area contributed by atoms with Gasteiger partial charge in [-0.15, -0.1) is 10.2 Å². The molecular weight excluding hydrogens is 509 g/mol. The number of benzene rings is 2. The highest BCUT2D eigenvalue weighted by Crippen LogP contribution is 2.38. The van der Waals surface area contributed by atoms with E-state index < -0.39 is 23.6 Å². The molecule has 0 fully saturated rings. The molecule has 1 heterocycles. The number of methoxy groups -OCH3 is 3. The Kier molecular flexibility index (Phi) is 8.40. The van der Waals surface area contributed by atoms with Gasteiger partial charge in [-0.1, -0.05) is 29.2 Å². The summed E-state index contributed by atoms with van der Waals surface area (Å²) in [4.78, 5) is 24.8. The van der Waals surface area contributed by atoms with E-state index >= 15 is 0 Å². The zero-order valence-corrected chi connectivity index (χ0v) is 20.2. The fraction of sp³-hybridized carbons (Fsp3) is 0.238. The topological polar surface area (TPSA) is 112 Å². The van der Waals surface area contributed by atoms with Gasteiger partial charge >= 0.3 is 6.18 Å². The minimum atomic E-state index is -4.51. The lowest BCUT2D eigenvalue weighted by atomic mass is 10.1. The smallest absolute Gasteiger partial charge is 0.416 e. The van der Waals surface area contributed by atoms with Crippen LogP contribution in [0.1, 0.15) is 15.9 Å². The Morgan fingerprint density at radius 1 is 1.00 bits per heavy atom. The van der Waals surface area contributed by atoms with Crippen LogP contribution in [0.3, 0.4) is 0 Å². The molecule has 0 saturated heterocycles. The molecule has 2 amide bonds. The molecule has 0 spiro atoms. The van der Waals surface area contributed by atoms with E-state index in [9.17, 15) is 22.8 Å². The van der Waals surface area contributed by atoms with E-state index in [1.807, 2.05) is 0 Å². The van der Waals surface area contributed by atoms with Gasteiger partial charge in [-0.05, 0) is 30.3 Å². The summed E-state index contributed by atoms with van der Waals surface area (Å²) in [7, 11) is 4.30. The maximum atomic E-state index is 12.8. The highest BCUT2D eigenvalue weighted by molar-refractivity contribution is 8.01. The van der Waals surface area contributed by atoms with Crippen molar-refractivity contribution in [3.63, 3.8) is 0 Å². The number of hydrogen-bond donors (Lipinski definition) is 2. The number of thioether (sulfide) groups is 1. The number of nitrogens with one attached hydrogen (secondary N) is 2. The molecule has 3 aromatic rings. The predicted octanol–water partition coefficient (Wildman–Crippen LogP) is 4.57. The number of aromatic nitrogens is 2. The van der Waals surface area contributed by atoms with Crippen LogP contribution in [-0.4, -0.2) is 49.1 Å². The number of rotatable bonds is 9. The van der Waals surface area contributed by atoms with Gasteiger partial charge < -0.3 is 19.5 Å². The van der Waals surface area contributed by atoms with Crippen molar-refractivity contribution in [2.45, 2.75) is 10.5 Å². The Hall–Kier alpha value is -3.52. The molecule has 0 aliphatic rings. The van der Waals surface area contributed by atoms with Gasteiger partial charge in [0.1, 0.15) is 0 Å². The minimum Gasteiger partial charge on any atom is -0.493 e. The first kappa shape index (κ1) is 26.1. The fourth-order valence-corrected chi connectivity index (χ4v) is 4.34. The minimum absolute atomic E-state index is 0.0287. The van der Waals surface area contributed by atoms with Crippen LogP contribution >= 0.6 is 23.1 Å². The van der Waals surface area contributed by atoms with Crippen LogP contribution in [0.4, 0.5) is 24.0 Å². The molecule has 35 heavy (non-hydrogen) atoms. The average Bonchev–Trinajstić information content (AvgIpc) is 3.28. The molecule has 0 unspecified atom stereocenters. The van der Waals surface area contributed by atoms with Crippen molar-refractivity contribution in [2.24, 2.45) is 0 Å². The summed E-state index contributed by atoms with van der Waals surface area (Å²) < 4.78 is 54.5. The van der Waals surface area contributed by atoms with Crippen LogP contribution in [-0.2, 0) is 11.0 Å². The van der Waals surface area contributed by atoms with E-state index in [0.29, 0.717) is 21.6 Å². The van der Waals surface area contributed by atoms with Gasteiger partial charge in [-0.2, -0.15) is 13.2 Å². The first-order valence-electron chi connectivity index (χ1n) is 9.69. The van der Waals surface area contributed by atoms with E-state index in [1.54, 1.807) is 0 Å². The molecule has 1 aromatic heterocycles. The second-order valence-corrected chi connectivity index (χ2v) is 8.86. The summed E-state index contributed by atoms with van der Waals surface area (Å²) in [5, 5.41) is 13.0. The summed E-state index contributed by atoms with van der Waals surface area (Å²) in [5.41, 5.74) is -0.607. The molecule has 2 N–H and O–H groups in total. The molecule has 9 nitrogen and oxygen atoms in total. The lowest BCUT2D eigenvalue weighted by Gasteiger charge is -2.13. The number of hydrogen-bond acceptors (Lipinski definition) is 9. The predicted molar refractivity (Wildman–Crippen MR) is 125 cm³/mol. The number of carbonyl (C=O) groups excluding carboxylic acids is 2. The van der Waals surface area contributed by atoms with E-state index in [4.69, 9.17) is 14.2 Å².